The van der Waals surface area contributed by atoms with Gasteiger partial charge in [0.1, 0.15) is 0 Å². The molecule has 1 heterocycles. The van der Waals surface area contributed by atoms with Crippen molar-refractivity contribution < 1.29 is 14.3 Å². The summed E-state index contributed by atoms with van der Waals surface area (Å²) in [5.41, 5.74) is 2.05. The quantitative estimate of drug-likeness (QED) is 0.488. The number of benzene rings is 1. The Morgan fingerprint density at radius 2 is 1.77 bits per heavy atom. The summed E-state index contributed by atoms with van der Waals surface area (Å²) in [5.74, 6) is -0.252. The molecule has 0 bridgehead atoms. The normalized spacial score (nSPS) is 11.9. The van der Waals surface area contributed by atoms with Gasteiger partial charge >= 0.3 is 0 Å². The smallest absolute Gasteiger partial charge is 0.242 e. The van der Waals surface area contributed by atoms with Gasteiger partial charge in [0, 0.05) is 39.1 Å². The number of nitrogens with zero attached hydrogens (tertiary/aromatic N) is 3. The van der Waals surface area contributed by atoms with Crippen LogP contribution >= 0.6 is 0 Å². The summed E-state index contributed by atoms with van der Waals surface area (Å²) in [7, 11) is 3.60. The van der Waals surface area contributed by atoms with Crippen LogP contribution in [0.25, 0.3) is 0 Å². The van der Waals surface area contributed by atoms with Gasteiger partial charge in [0.15, 0.2) is 0 Å². The maximum Gasteiger partial charge on any atom is 0.242 e. The number of aryl methyl sites for hydroxylation is 1. The molecule has 6 heteroatoms. The molecule has 0 aliphatic rings. The Balaban J connectivity index is 2.18. The number of aromatic nitrogens is 1. The van der Waals surface area contributed by atoms with Gasteiger partial charge in [-0.3, -0.25) is 9.59 Å². The Morgan fingerprint density at radius 1 is 1.03 bits per heavy atom. The van der Waals surface area contributed by atoms with Crippen LogP contribution in [-0.2, 0) is 27.9 Å². The molecule has 0 unspecified atom stereocenters. The molecule has 170 valence electrons. The van der Waals surface area contributed by atoms with Crippen molar-refractivity contribution in [2.45, 2.75) is 45.6 Å². The zero-order valence-electron chi connectivity index (χ0n) is 19.4. The lowest BCUT2D eigenvalue weighted by molar-refractivity contribution is -0.142. The van der Waals surface area contributed by atoms with E-state index in [1.807, 2.05) is 67.2 Å². The zero-order valence-corrected chi connectivity index (χ0v) is 19.4. The number of rotatable bonds is 13. The molecule has 2 aromatic rings. The van der Waals surface area contributed by atoms with Crippen molar-refractivity contribution in [1.29, 1.82) is 0 Å². The lowest BCUT2D eigenvalue weighted by Gasteiger charge is -2.30. The minimum Gasteiger partial charge on any atom is -0.383 e. The van der Waals surface area contributed by atoms with Crippen LogP contribution in [0.1, 0.15) is 50.3 Å². The molecule has 6 nitrogen and oxygen atoms in total. The average Bonchev–Trinajstić information content (AvgIpc) is 3.19. The molecule has 1 aromatic carbocycles. The highest BCUT2D eigenvalue weighted by molar-refractivity contribution is 5.88. The van der Waals surface area contributed by atoms with E-state index in [1.54, 1.807) is 16.9 Å². The molecule has 0 aliphatic carbocycles. The number of amides is 2. The first-order valence-corrected chi connectivity index (χ1v) is 11.2. The van der Waals surface area contributed by atoms with Crippen molar-refractivity contribution in [2.75, 3.05) is 33.4 Å². The van der Waals surface area contributed by atoms with Crippen LogP contribution in [-0.4, -0.2) is 59.5 Å². The number of carbonyl (C=O) groups is 2. The number of hydrogen-bond acceptors (Lipinski definition) is 3. The first-order chi connectivity index (χ1) is 15.0. The number of methoxy groups -OCH3 is 1. The second-order valence-electron chi connectivity index (χ2n) is 7.90. The zero-order chi connectivity index (χ0) is 22.6. The van der Waals surface area contributed by atoms with Crippen LogP contribution in [0.3, 0.4) is 0 Å². The maximum atomic E-state index is 13.5. The molecule has 0 saturated carbocycles. The van der Waals surface area contributed by atoms with E-state index in [9.17, 15) is 9.59 Å². The standard InChI is InChI=1S/C25H37N3O3/c1-5-7-16-28(25(30)23(6-2)21-12-9-8-10-13-21)20-24(29)27(17-18-31-4)19-22-14-11-15-26(22)3/h8-15,23H,5-7,16-20H2,1-4H3/t23-/m1/s1. The van der Waals surface area contributed by atoms with Crippen molar-refractivity contribution in [3.8, 4) is 0 Å². The lowest BCUT2D eigenvalue weighted by Crippen LogP contribution is -2.45. The Labute approximate surface area is 186 Å². The Kier molecular flexibility index (Phi) is 10.3. The third-order valence-corrected chi connectivity index (χ3v) is 5.65. The molecular formula is C25H37N3O3. The van der Waals surface area contributed by atoms with Crippen molar-refractivity contribution >= 4 is 11.8 Å². The fourth-order valence-electron chi connectivity index (χ4n) is 3.69. The second kappa shape index (κ2) is 13.0. The van der Waals surface area contributed by atoms with Gasteiger partial charge in [-0.2, -0.15) is 0 Å². The molecule has 0 fully saturated rings. The van der Waals surface area contributed by atoms with Crippen molar-refractivity contribution in [3.05, 3.63) is 59.9 Å². The summed E-state index contributed by atoms with van der Waals surface area (Å²) >= 11 is 0. The minimum atomic E-state index is -0.230. The molecule has 1 atom stereocenters. The lowest BCUT2D eigenvalue weighted by atomic mass is 9.95. The van der Waals surface area contributed by atoms with Crippen molar-refractivity contribution in [2.24, 2.45) is 7.05 Å². The molecule has 2 amide bonds. The highest BCUT2D eigenvalue weighted by Crippen LogP contribution is 2.22. The van der Waals surface area contributed by atoms with Crippen LogP contribution in [0.15, 0.2) is 48.7 Å². The number of unbranched alkanes of at least 4 members (excludes halogenated alkanes) is 1. The molecule has 0 N–H and O–H groups in total. The van der Waals surface area contributed by atoms with Gasteiger partial charge in [-0.1, -0.05) is 50.6 Å². The van der Waals surface area contributed by atoms with Gasteiger partial charge < -0.3 is 19.1 Å². The highest BCUT2D eigenvalue weighted by atomic mass is 16.5. The van der Waals surface area contributed by atoms with Crippen LogP contribution in [0.5, 0.6) is 0 Å². The maximum absolute atomic E-state index is 13.5. The van der Waals surface area contributed by atoms with E-state index in [0.717, 1.165) is 24.1 Å². The number of carbonyl (C=O) groups excluding carboxylic acids is 2. The molecule has 31 heavy (non-hydrogen) atoms. The van der Waals surface area contributed by atoms with E-state index in [-0.39, 0.29) is 24.3 Å². The van der Waals surface area contributed by atoms with Crippen LogP contribution in [0.4, 0.5) is 0 Å². The molecular weight excluding hydrogens is 390 g/mol. The van der Waals surface area contributed by atoms with Crippen molar-refractivity contribution in [1.82, 2.24) is 14.4 Å². The SMILES string of the molecule is CCCCN(CC(=O)N(CCOC)Cc1cccn1C)C(=O)[C@H](CC)c1ccccc1. The van der Waals surface area contributed by atoms with Gasteiger partial charge in [0.25, 0.3) is 0 Å². The van der Waals surface area contributed by atoms with Crippen LogP contribution < -0.4 is 0 Å². The summed E-state index contributed by atoms with van der Waals surface area (Å²) in [4.78, 5) is 30.3. The third-order valence-electron chi connectivity index (χ3n) is 5.65. The molecule has 0 saturated heterocycles. The highest BCUT2D eigenvalue weighted by Gasteiger charge is 2.27. The van der Waals surface area contributed by atoms with Gasteiger partial charge in [-0.15, -0.1) is 0 Å². The van der Waals surface area contributed by atoms with E-state index in [2.05, 4.69) is 6.92 Å². The van der Waals surface area contributed by atoms with Gasteiger partial charge in [0.2, 0.25) is 11.8 Å². The van der Waals surface area contributed by atoms with Crippen LogP contribution in [0.2, 0.25) is 0 Å². The summed E-state index contributed by atoms with van der Waals surface area (Å²) in [5, 5.41) is 0. The summed E-state index contributed by atoms with van der Waals surface area (Å²) in [6.07, 6.45) is 4.52. The Morgan fingerprint density at radius 3 is 2.35 bits per heavy atom. The fraction of sp³-hybridized carbons (Fsp3) is 0.520. The van der Waals surface area contributed by atoms with Crippen LogP contribution in [0, 0.1) is 0 Å². The number of hydrogen-bond donors (Lipinski definition) is 0. The molecule has 0 radical (unpaired) electrons. The summed E-state index contributed by atoms with van der Waals surface area (Å²) in [6.45, 7) is 6.25. The van der Waals surface area contributed by atoms with Gasteiger partial charge in [-0.05, 0) is 30.5 Å². The molecule has 2 rings (SSSR count). The van der Waals surface area contributed by atoms with Gasteiger partial charge in [-0.25, -0.2) is 0 Å². The molecule has 1 aromatic heterocycles. The predicted molar refractivity (Wildman–Crippen MR) is 124 cm³/mol. The van der Waals surface area contributed by atoms with E-state index >= 15 is 0 Å². The third kappa shape index (κ3) is 7.24. The summed E-state index contributed by atoms with van der Waals surface area (Å²) < 4.78 is 7.23. The average molecular weight is 428 g/mol. The van der Waals surface area contributed by atoms with Crippen molar-refractivity contribution in [3.63, 3.8) is 0 Å². The monoisotopic (exact) mass is 427 g/mol. The van der Waals surface area contributed by atoms with E-state index in [1.165, 1.54) is 0 Å². The topological polar surface area (TPSA) is 54.8 Å². The Hall–Kier alpha value is -2.60. The molecule has 0 spiro atoms. The molecule has 0 aliphatic heterocycles. The predicted octanol–water partition coefficient (Wildman–Crippen LogP) is 3.82. The van der Waals surface area contributed by atoms with Gasteiger partial charge in [0.05, 0.1) is 25.6 Å². The largest absolute Gasteiger partial charge is 0.383 e. The van der Waals surface area contributed by atoms with E-state index in [4.69, 9.17) is 4.74 Å². The second-order valence-corrected chi connectivity index (χ2v) is 7.90. The first-order valence-electron chi connectivity index (χ1n) is 11.2. The minimum absolute atomic E-state index is 0.0288. The Bertz CT molecular complexity index is 803. The number of ether oxygens (including phenoxy) is 1. The first kappa shape index (κ1) is 24.7. The van der Waals surface area contributed by atoms with E-state index in [0.29, 0.717) is 32.7 Å². The fourth-order valence-corrected chi connectivity index (χ4v) is 3.69. The summed E-state index contributed by atoms with van der Waals surface area (Å²) in [6, 6.07) is 13.8. The van der Waals surface area contributed by atoms with E-state index < -0.39 is 0 Å².